The van der Waals surface area contributed by atoms with Gasteiger partial charge in [0.2, 0.25) is 0 Å². The molecule has 0 bridgehead atoms. The number of ether oxygens (including phenoxy) is 1. The third-order valence-corrected chi connectivity index (χ3v) is 4.26. The number of amides is 1. The molecule has 0 atom stereocenters. The minimum Gasteiger partial charge on any atom is -0.378 e. The summed E-state index contributed by atoms with van der Waals surface area (Å²) in [5.74, 6) is 0. The Kier molecular flexibility index (Phi) is 4.30. The van der Waals surface area contributed by atoms with Crippen molar-refractivity contribution in [2.75, 3.05) is 26.3 Å². The van der Waals surface area contributed by atoms with Gasteiger partial charge in [-0.1, -0.05) is 42.1 Å². The van der Waals surface area contributed by atoms with E-state index in [0.29, 0.717) is 26.3 Å². The van der Waals surface area contributed by atoms with Gasteiger partial charge >= 0.3 is 0 Å². The van der Waals surface area contributed by atoms with Crippen LogP contribution in [0.3, 0.4) is 0 Å². The highest BCUT2D eigenvalue weighted by Crippen LogP contribution is 2.37. The van der Waals surface area contributed by atoms with Gasteiger partial charge in [-0.05, 0) is 19.4 Å². The lowest BCUT2D eigenvalue weighted by molar-refractivity contribution is 0.0592. The Morgan fingerprint density at radius 1 is 1.22 bits per heavy atom. The molecule has 4 heteroatoms. The van der Waals surface area contributed by atoms with Gasteiger partial charge in [0.1, 0.15) is 0 Å². The Morgan fingerprint density at radius 2 is 1.83 bits per heavy atom. The molecule has 1 aromatic rings. The highest BCUT2D eigenvalue weighted by molar-refractivity contribution is 8.14. The van der Waals surface area contributed by atoms with E-state index in [1.54, 1.807) is 0 Å². The van der Waals surface area contributed by atoms with Crippen molar-refractivity contribution in [2.24, 2.45) is 0 Å². The van der Waals surface area contributed by atoms with Crippen molar-refractivity contribution in [2.45, 2.75) is 18.6 Å². The molecule has 1 amide bonds. The summed E-state index contributed by atoms with van der Waals surface area (Å²) in [5, 5.41) is 0.146. The maximum Gasteiger partial charge on any atom is 0.282 e. The molecule has 0 aliphatic carbocycles. The molecule has 1 heterocycles. The Morgan fingerprint density at radius 3 is 2.44 bits per heavy atom. The second-order valence-electron chi connectivity index (χ2n) is 4.84. The number of morpholine rings is 1. The maximum atomic E-state index is 12.2. The molecule has 98 valence electrons. The average molecular weight is 265 g/mol. The van der Waals surface area contributed by atoms with Crippen LogP contribution in [0.25, 0.3) is 0 Å². The van der Waals surface area contributed by atoms with Gasteiger partial charge in [0.05, 0.1) is 13.2 Å². The van der Waals surface area contributed by atoms with Crippen LogP contribution in [0.5, 0.6) is 0 Å². The van der Waals surface area contributed by atoms with E-state index in [4.69, 9.17) is 4.74 Å². The third-order valence-electron chi connectivity index (χ3n) is 3.08. The first-order chi connectivity index (χ1) is 8.59. The molecule has 0 saturated carbocycles. The second kappa shape index (κ2) is 5.76. The van der Waals surface area contributed by atoms with Crippen LogP contribution in [0, 0.1) is 0 Å². The molecule has 0 unspecified atom stereocenters. The normalized spacial score (nSPS) is 16.7. The smallest absolute Gasteiger partial charge is 0.282 e. The van der Waals surface area contributed by atoms with Crippen LogP contribution in [-0.4, -0.2) is 36.4 Å². The SMILES string of the molecule is CC(C)(SC(=O)N1CCOCC1)c1ccccc1. The van der Waals surface area contributed by atoms with Gasteiger partial charge in [-0.2, -0.15) is 0 Å². The van der Waals surface area contributed by atoms with E-state index < -0.39 is 0 Å². The molecule has 18 heavy (non-hydrogen) atoms. The summed E-state index contributed by atoms with van der Waals surface area (Å²) in [4.78, 5) is 14.1. The van der Waals surface area contributed by atoms with Gasteiger partial charge in [-0.3, -0.25) is 4.79 Å². The highest BCUT2D eigenvalue weighted by atomic mass is 32.2. The fourth-order valence-corrected chi connectivity index (χ4v) is 2.93. The lowest BCUT2D eigenvalue weighted by Crippen LogP contribution is -2.39. The fraction of sp³-hybridized carbons (Fsp3) is 0.500. The average Bonchev–Trinajstić information content (AvgIpc) is 2.40. The van der Waals surface area contributed by atoms with E-state index in [9.17, 15) is 4.79 Å². The van der Waals surface area contributed by atoms with Gasteiger partial charge < -0.3 is 9.64 Å². The Hall–Kier alpha value is -1.00. The monoisotopic (exact) mass is 265 g/mol. The van der Waals surface area contributed by atoms with Crippen molar-refractivity contribution in [3.8, 4) is 0 Å². The number of nitrogens with zero attached hydrogens (tertiary/aromatic N) is 1. The van der Waals surface area contributed by atoms with Crippen LogP contribution in [0.1, 0.15) is 19.4 Å². The van der Waals surface area contributed by atoms with Crippen molar-refractivity contribution in [3.05, 3.63) is 35.9 Å². The summed E-state index contributed by atoms with van der Waals surface area (Å²) < 4.78 is 5.06. The quantitative estimate of drug-likeness (QED) is 0.823. The first-order valence-corrected chi connectivity index (χ1v) is 7.02. The molecule has 0 aromatic heterocycles. The van der Waals surface area contributed by atoms with Gasteiger partial charge in [0.25, 0.3) is 5.24 Å². The molecule has 0 spiro atoms. The van der Waals surface area contributed by atoms with Crippen molar-refractivity contribution in [1.29, 1.82) is 0 Å². The van der Waals surface area contributed by atoms with E-state index in [2.05, 4.69) is 26.0 Å². The van der Waals surface area contributed by atoms with Crippen LogP contribution in [0.15, 0.2) is 30.3 Å². The molecule has 1 aliphatic rings. The Bertz CT molecular complexity index is 400. The Labute approximate surface area is 113 Å². The minimum absolute atomic E-state index is 0.146. The number of hydrogen-bond donors (Lipinski definition) is 0. The van der Waals surface area contributed by atoms with Gasteiger partial charge in [-0.15, -0.1) is 0 Å². The topological polar surface area (TPSA) is 29.5 Å². The number of benzene rings is 1. The molecule has 3 nitrogen and oxygen atoms in total. The maximum absolute atomic E-state index is 12.2. The zero-order valence-corrected chi connectivity index (χ0v) is 11.7. The Balaban J connectivity index is 2.01. The molecular formula is C14H19NO2S. The predicted molar refractivity (Wildman–Crippen MR) is 74.8 cm³/mol. The summed E-state index contributed by atoms with van der Waals surface area (Å²) in [6.45, 7) is 6.89. The number of carbonyl (C=O) groups excluding carboxylic acids is 1. The fourth-order valence-electron chi connectivity index (χ4n) is 1.93. The van der Waals surface area contributed by atoms with Gasteiger partial charge in [-0.25, -0.2) is 0 Å². The largest absolute Gasteiger partial charge is 0.378 e. The summed E-state index contributed by atoms with van der Waals surface area (Å²) in [6, 6.07) is 10.2. The summed E-state index contributed by atoms with van der Waals surface area (Å²) in [7, 11) is 0. The molecular weight excluding hydrogens is 246 g/mol. The predicted octanol–water partition coefficient (Wildman–Crippen LogP) is 3.11. The molecule has 1 fully saturated rings. The lowest BCUT2D eigenvalue weighted by Gasteiger charge is -2.30. The molecule has 1 aromatic carbocycles. The zero-order chi connectivity index (χ0) is 13.0. The first kappa shape index (κ1) is 13.4. The van der Waals surface area contributed by atoms with E-state index in [1.165, 1.54) is 17.3 Å². The van der Waals surface area contributed by atoms with E-state index in [-0.39, 0.29) is 9.99 Å². The highest BCUT2D eigenvalue weighted by Gasteiger charge is 2.28. The molecule has 1 aliphatic heterocycles. The van der Waals surface area contributed by atoms with E-state index in [0.717, 1.165) is 0 Å². The minimum atomic E-state index is -0.198. The van der Waals surface area contributed by atoms with Gasteiger partial charge in [0.15, 0.2) is 0 Å². The van der Waals surface area contributed by atoms with Gasteiger partial charge in [0, 0.05) is 17.8 Å². The van der Waals surface area contributed by atoms with Crippen molar-refractivity contribution >= 4 is 17.0 Å². The number of rotatable bonds is 2. The van der Waals surface area contributed by atoms with E-state index >= 15 is 0 Å². The summed E-state index contributed by atoms with van der Waals surface area (Å²) in [5.41, 5.74) is 1.18. The molecule has 1 saturated heterocycles. The van der Waals surface area contributed by atoms with Crippen molar-refractivity contribution in [1.82, 2.24) is 4.90 Å². The van der Waals surface area contributed by atoms with Crippen LogP contribution in [0.2, 0.25) is 0 Å². The van der Waals surface area contributed by atoms with E-state index in [1.807, 2.05) is 23.1 Å². The summed E-state index contributed by atoms with van der Waals surface area (Å²) in [6.07, 6.45) is 0. The number of hydrogen-bond acceptors (Lipinski definition) is 3. The first-order valence-electron chi connectivity index (χ1n) is 6.21. The summed E-state index contributed by atoms with van der Waals surface area (Å²) >= 11 is 1.39. The number of thioether (sulfide) groups is 1. The molecule has 0 N–H and O–H groups in total. The zero-order valence-electron chi connectivity index (χ0n) is 10.9. The second-order valence-corrected chi connectivity index (χ2v) is 6.42. The molecule has 0 radical (unpaired) electrons. The van der Waals surface area contributed by atoms with Crippen molar-refractivity contribution < 1.29 is 9.53 Å². The third kappa shape index (κ3) is 3.27. The number of carbonyl (C=O) groups is 1. The van der Waals surface area contributed by atoms with Crippen LogP contribution < -0.4 is 0 Å². The lowest BCUT2D eigenvalue weighted by atomic mass is 10.0. The van der Waals surface area contributed by atoms with Crippen LogP contribution in [0.4, 0.5) is 4.79 Å². The standard InChI is InChI=1S/C14H19NO2S/c1-14(2,12-6-4-3-5-7-12)18-13(16)15-8-10-17-11-9-15/h3-7H,8-11H2,1-2H3. The van der Waals surface area contributed by atoms with Crippen LogP contribution >= 0.6 is 11.8 Å². The van der Waals surface area contributed by atoms with Crippen LogP contribution in [-0.2, 0) is 9.48 Å². The molecule has 2 rings (SSSR count). The van der Waals surface area contributed by atoms with Crippen molar-refractivity contribution in [3.63, 3.8) is 0 Å².